The van der Waals surface area contributed by atoms with Crippen molar-refractivity contribution in [2.24, 2.45) is 5.92 Å². The molecule has 0 saturated carbocycles. The van der Waals surface area contributed by atoms with Crippen molar-refractivity contribution in [3.63, 3.8) is 0 Å². The molecule has 1 N–H and O–H groups in total. The summed E-state index contributed by atoms with van der Waals surface area (Å²) in [4.78, 5) is 12.2. The minimum atomic E-state index is -0.368. The van der Waals surface area contributed by atoms with Crippen molar-refractivity contribution in [1.82, 2.24) is 15.1 Å². The number of carbonyl (C=O) groups excluding carboxylic acids is 1. The van der Waals surface area contributed by atoms with Gasteiger partial charge in [0.15, 0.2) is 0 Å². The van der Waals surface area contributed by atoms with Gasteiger partial charge in [-0.1, -0.05) is 13.8 Å². The number of benzene rings is 2. The van der Waals surface area contributed by atoms with Crippen molar-refractivity contribution < 1.29 is 18.3 Å². The Labute approximate surface area is 174 Å². The van der Waals surface area contributed by atoms with E-state index in [1.165, 1.54) is 36.4 Å². The second kappa shape index (κ2) is 9.52. The third-order valence-corrected chi connectivity index (χ3v) is 4.55. The fraction of sp³-hybridized carbons (Fsp3) is 0.304. The lowest BCUT2D eigenvalue weighted by Crippen LogP contribution is -2.27. The molecule has 0 aliphatic rings. The Bertz CT molecular complexity index is 997. The largest absolute Gasteiger partial charge is 0.439 e. The maximum absolute atomic E-state index is 13.4. The molecule has 0 spiro atoms. The van der Waals surface area contributed by atoms with Gasteiger partial charge in [0.05, 0.1) is 11.4 Å². The summed E-state index contributed by atoms with van der Waals surface area (Å²) in [6.45, 7) is 6.52. The molecule has 1 amide bonds. The van der Waals surface area contributed by atoms with E-state index in [1.54, 1.807) is 16.8 Å². The average molecular weight is 413 g/mol. The molecule has 158 valence electrons. The number of aromatic nitrogens is 2. The van der Waals surface area contributed by atoms with Crippen LogP contribution in [0.5, 0.6) is 11.6 Å². The first-order valence-electron chi connectivity index (χ1n) is 9.88. The van der Waals surface area contributed by atoms with E-state index in [9.17, 15) is 13.6 Å². The number of amides is 1. The van der Waals surface area contributed by atoms with Crippen molar-refractivity contribution in [3.05, 3.63) is 71.4 Å². The third kappa shape index (κ3) is 5.43. The summed E-state index contributed by atoms with van der Waals surface area (Å²) < 4.78 is 34.3. The maximum Gasteiger partial charge on any atom is 0.226 e. The zero-order chi connectivity index (χ0) is 21.7. The van der Waals surface area contributed by atoms with Gasteiger partial charge in [0.2, 0.25) is 11.8 Å². The van der Waals surface area contributed by atoms with Crippen LogP contribution >= 0.6 is 0 Å². The van der Waals surface area contributed by atoms with E-state index < -0.39 is 0 Å². The minimum Gasteiger partial charge on any atom is -0.439 e. The van der Waals surface area contributed by atoms with Crippen molar-refractivity contribution in [2.75, 3.05) is 6.54 Å². The quantitative estimate of drug-likeness (QED) is 0.568. The number of aryl methyl sites for hydroxylation is 1. The maximum atomic E-state index is 13.4. The summed E-state index contributed by atoms with van der Waals surface area (Å²) in [6.07, 6.45) is 0.704. The normalized spacial score (nSPS) is 11.0. The van der Waals surface area contributed by atoms with Crippen LogP contribution in [0.4, 0.5) is 8.78 Å². The Hall–Kier alpha value is -3.22. The van der Waals surface area contributed by atoms with Crippen LogP contribution in [0.3, 0.4) is 0 Å². The van der Waals surface area contributed by atoms with Gasteiger partial charge in [-0.2, -0.15) is 5.10 Å². The summed E-state index contributed by atoms with van der Waals surface area (Å²) in [5.41, 5.74) is 2.09. The molecule has 0 saturated heterocycles. The third-order valence-electron chi connectivity index (χ3n) is 4.55. The molecule has 1 aromatic heterocycles. The minimum absolute atomic E-state index is 0.0506. The monoisotopic (exact) mass is 413 g/mol. The van der Waals surface area contributed by atoms with Gasteiger partial charge < -0.3 is 10.1 Å². The van der Waals surface area contributed by atoms with E-state index in [2.05, 4.69) is 10.4 Å². The summed E-state index contributed by atoms with van der Waals surface area (Å²) in [7, 11) is 0. The van der Waals surface area contributed by atoms with Crippen LogP contribution in [0, 0.1) is 24.5 Å². The number of hydrogen-bond acceptors (Lipinski definition) is 3. The van der Waals surface area contributed by atoms with Crippen LogP contribution in [0.25, 0.3) is 5.69 Å². The number of halogens is 2. The predicted octanol–water partition coefficient (Wildman–Crippen LogP) is 4.96. The van der Waals surface area contributed by atoms with Crippen molar-refractivity contribution in [1.29, 1.82) is 0 Å². The van der Waals surface area contributed by atoms with E-state index in [0.29, 0.717) is 41.9 Å². The zero-order valence-electron chi connectivity index (χ0n) is 17.3. The number of carbonyl (C=O) groups is 1. The fourth-order valence-corrected chi connectivity index (χ4v) is 2.95. The molecule has 3 rings (SSSR count). The lowest BCUT2D eigenvalue weighted by atomic mass is 10.1. The Morgan fingerprint density at radius 2 is 1.67 bits per heavy atom. The molecule has 0 bridgehead atoms. The molecule has 30 heavy (non-hydrogen) atoms. The lowest BCUT2D eigenvalue weighted by Gasteiger charge is -2.12. The van der Waals surface area contributed by atoms with Crippen LogP contribution < -0.4 is 10.1 Å². The van der Waals surface area contributed by atoms with Crippen LogP contribution in [0.1, 0.15) is 31.5 Å². The zero-order valence-corrected chi connectivity index (χ0v) is 17.3. The van der Waals surface area contributed by atoms with Gasteiger partial charge in [0.25, 0.3) is 0 Å². The summed E-state index contributed by atoms with van der Waals surface area (Å²) in [5, 5.41) is 7.44. The molecule has 0 radical (unpaired) electrons. The van der Waals surface area contributed by atoms with E-state index in [-0.39, 0.29) is 24.0 Å². The van der Waals surface area contributed by atoms with Crippen LogP contribution in [-0.4, -0.2) is 22.2 Å². The molecule has 7 heteroatoms. The Morgan fingerprint density at radius 3 is 2.27 bits per heavy atom. The highest BCUT2D eigenvalue weighted by Crippen LogP contribution is 2.31. The highest BCUT2D eigenvalue weighted by atomic mass is 19.1. The standard InChI is InChI=1S/C23H25F2N3O2/c1-15(2)14-26-22(29)13-12-21-16(3)27-28(19-8-4-17(24)5-9-19)23(21)30-20-10-6-18(25)7-11-20/h4-11,15H,12-14H2,1-3H3,(H,26,29). The molecule has 0 aliphatic heterocycles. The molecular weight excluding hydrogens is 388 g/mol. The highest BCUT2D eigenvalue weighted by molar-refractivity contribution is 5.76. The second-order valence-corrected chi connectivity index (χ2v) is 7.51. The van der Waals surface area contributed by atoms with E-state index in [1.807, 2.05) is 20.8 Å². The summed E-state index contributed by atoms with van der Waals surface area (Å²) >= 11 is 0. The van der Waals surface area contributed by atoms with Crippen LogP contribution in [0.2, 0.25) is 0 Å². The molecule has 0 atom stereocenters. The van der Waals surface area contributed by atoms with Gasteiger partial charge in [-0.05, 0) is 67.8 Å². The molecule has 3 aromatic rings. The topological polar surface area (TPSA) is 56.2 Å². The highest BCUT2D eigenvalue weighted by Gasteiger charge is 2.20. The lowest BCUT2D eigenvalue weighted by molar-refractivity contribution is -0.121. The van der Waals surface area contributed by atoms with E-state index in [0.717, 1.165) is 5.56 Å². The van der Waals surface area contributed by atoms with Gasteiger partial charge in [-0.15, -0.1) is 0 Å². The van der Waals surface area contributed by atoms with Crippen molar-refractivity contribution >= 4 is 5.91 Å². The smallest absolute Gasteiger partial charge is 0.226 e. The number of hydrogen-bond donors (Lipinski definition) is 1. The number of ether oxygens (including phenoxy) is 1. The van der Waals surface area contributed by atoms with Crippen LogP contribution in [-0.2, 0) is 11.2 Å². The number of rotatable bonds is 8. The Kier molecular flexibility index (Phi) is 6.82. The average Bonchev–Trinajstić information content (AvgIpc) is 3.02. The molecule has 0 aliphatic carbocycles. The second-order valence-electron chi connectivity index (χ2n) is 7.51. The van der Waals surface area contributed by atoms with Gasteiger partial charge in [-0.3, -0.25) is 4.79 Å². The molecule has 0 fully saturated rings. The first-order valence-corrected chi connectivity index (χ1v) is 9.88. The van der Waals surface area contributed by atoms with Crippen LogP contribution in [0.15, 0.2) is 48.5 Å². The van der Waals surface area contributed by atoms with Gasteiger partial charge in [0.1, 0.15) is 17.4 Å². The SMILES string of the molecule is Cc1nn(-c2ccc(F)cc2)c(Oc2ccc(F)cc2)c1CCC(=O)NCC(C)C. The van der Waals surface area contributed by atoms with Gasteiger partial charge in [-0.25, -0.2) is 13.5 Å². The number of nitrogens with one attached hydrogen (secondary N) is 1. The first kappa shape index (κ1) is 21.5. The number of nitrogens with zero attached hydrogens (tertiary/aromatic N) is 2. The molecule has 0 unspecified atom stereocenters. The fourth-order valence-electron chi connectivity index (χ4n) is 2.95. The summed E-state index contributed by atoms with van der Waals surface area (Å²) in [5.74, 6) is 0.450. The molecule has 2 aromatic carbocycles. The first-order chi connectivity index (χ1) is 14.3. The molecule has 1 heterocycles. The van der Waals surface area contributed by atoms with Crippen molar-refractivity contribution in [3.8, 4) is 17.3 Å². The molecular formula is C23H25F2N3O2. The predicted molar refractivity (Wildman–Crippen MR) is 111 cm³/mol. The van der Waals surface area contributed by atoms with Gasteiger partial charge in [0, 0.05) is 18.5 Å². The Morgan fingerprint density at radius 1 is 1.07 bits per heavy atom. The molecule has 5 nitrogen and oxygen atoms in total. The van der Waals surface area contributed by atoms with Gasteiger partial charge >= 0.3 is 0 Å². The van der Waals surface area contributed by atoms with E-state index >= 15 is 0 Å². The van der Waals surface area contributed by atoms with Crippen molar-refractivity contribution in [2.45, 2.75) is 33.6 Å². The summed E-state index contributed by atoms with van der Waals surface area (Å²) in [6, 6.07) is 11.5. The van der Waals surface area contributed by atoms with E-state index in [4.69, 9.17) is 4.74 Å². The Balaban J connectivity index is 1.91.